The normalized spacial score (nSPS) is 25.2. The SMILES string of the molecule is COc1ccc(F)cc1CC(O)(C1CCOCC1)C1CNCCO1. The fraction of sp³-hybridized carbons (Fsp3) is 0.667. The standard InChI is InChI=1S/C18H26FNO4/c1-22-16-3-2-15(19)10-13(16)11-18(21,14-4-7-23-8-5-14)17-12-20-6-9-24-17/h2-3,10,14,17,20-21H,4-9,11-12H2,1H3. The summed E-state index contributed by atoms with van der Waals surface area (Å²) in [6, 6.07) is 4.42. The number of aliphatic hydroxyl groups is 1. The van der Waals surface area contributed by atoms with E-state index in [0.717, 1.165) is 19.4 Å². The Bertz CT molecular complexity index is 524. The van der Waals surface area contributed by atoms with Gasteiger partial charge in [0, 0.05) is 32.7 Å². The second kappa shape index (κ2) is 7.78. The number of methoxy groups -OCH3 is 1. The molecular formula is C18H26FNO4. The lowest BCUT2D eigenvalue weighted by atomic mass is 9.74. The van der Waals surface area contributed by atoms with E-state index >= 15 is 0 Å². The summed E-state index contributed by atoms with van der Waals surface area (Å²) in [5.74, 6) is 0.303. The molecule has 134 valence electrons. The van der Waals surface area contributed by atoms with E-state index in [2.05, 4.69) is 5.32 Å². The minimum Gasteiger partial charge on any atom is -0.496 e. The highest BCUT2D eigenvalue weighted by Gasteiger charge is 2.46. The van der Waals surface area contributed by atoms with Gasteiger partial charge in [-0.2, -0.15) is 0 Å². The molecule has 1 aromatic rings. The number of rotatable bonds is 5. The smallest absolute Gasteiger partial charge is 0.123 e. The van der Waals surface area contributed by atoms with Crippen LogP contribution in [-0.4, -0.2) is 56.8 Å². The van der Waals surface area contributed by atoms with Gasteiger partial charge in [0.15, 0.2) is 0 Å². The molecule has 2 atom stereocenters. The molecule has 0 spiro atoms. The van der Waals surface area contributed by atoms with Gasteiger partial charge in [-0.15, -0.1) is 0 Å². The molecule has 2 heterocycles. The maximum atomic E-state index is 13.7. The van der Waals surface area contributed by atoms with Gasteiger partial charge in [-0.1, -0.05) is 0 Å². The third-order valence-corrected chi connectivity index (χ3v) is 5.13. The number of hydrogen-bond acceptors (Lipinski definition) is 5. The third-order valence-electron chi connectivity index (χ3n) is 5.13. The lowest BCUT2D eigenvalue weighted by molar-refractivity contribution is -0.163. The summed E-state index contributed by atoms with van der Waals surface area (Å²) in [6.45, 7) is 3.20. The number of nitrogens with one attached hydrogen (secondary N) is 1. The first-order valence-corrected chi connectivity index (χ1v) is 8.58. The van der Waals surface area contributed by atoms with Crippen molar-refractivity contribution in [1.29, 1.82) is 0 Å². The highest BCUT2D eigenvalue weighted by molar-refractivity contribution is 5.35. The minimum absolute atomic E-state index is 0.0455. The maximum absolute atomic E-state index is 13.7. The maximum Gasteiger partial charge on any atom is 0.123 e. The molecule has 2 unspecified atom stereocenters. The van der Waals surface area contributed by atoms with E-state index in [1.54, 1.807) is 13.2 Å². The van der Waals surface area contributed by atoms with Crippen LogP contribution in [0.15, 0.2) is 18.2 Å². The first-order valence-electron chi connectivity index (χ1n) is 8.58. The summed E-state index contributed by atoms with van der Waals surface area (Å²) in [5.41, 5.74) is -0.418. The third kappa shape index (κ3) is 3.72. The van der Waals surface area contributed by atoms with Crippen molar-refractivity contribution in [3.05, 3.63) is 29.6 Å². The fourth-order valence-corrected chi connectivity index (χ4v) is 3.80. The Labute approximate surface area is 142 Å². The number of ether oxygens (including phenoxy) is 3. The van der Waals surface area contributed by atoms with Crippen LogP contribution in [0.3, 0.4) is 0 Å². The number of halogens is 1. The summed E-state index contributed by atoms with van der Waals surface area (Å²) < 4.78 is 30.4. The monoisotopic (exact) mass is 339 g/mol. The number of hydrogen-bond donors (Lipinski definition) is 2. The Morgan fingerprint density at radius 3 is 2.79 bits per heavy atom. The molecule has 2 saturated heterocycles. The molecule has 0 aromatic heterocycles. The second-order valence-electron chi connectivity index (χ2n) is 6.57. The molecule has 0 amide bonds. The zero-order chi connectivity index (χ0) is 17.0. The summed E-state index contributed by atoms with van der Waals surface area (Å²) in [6.07, 6.45) is 1.51. The van der Waals surface area contributed by atoms with Gasteiger partial charge in [-0.05, 0) is 42.5 Å². The zero-order valence-electron chi connectivity index (χ0n) is 14.1. The molecule has 1 aromatic carbocycles. The van der Waals surface area contributed by atoms with Gasteiger partial charge in [0.2, 0.25) is 0 Å². The van der Waals surface area contributed by atoms with Gasteiger partial charge in [-0.25, -0.2) is 4.39 Å². The van der Waals surface area contributed by atoms with E-state index in [-0.39, 0.29) is 17.8 Å². The van der Waals surface area contributed by atoms with Crippen molar-refractivity contribution in [2.45, 2.75) is 31.0 Å². The molecule has 0 bridgehead atoms. The predicted molar refractivity (Wildman–Crippen MR) is 87.8 cm³/mol. The molecule has 3 rings (SSSR count). The quantitative estimate of drug-likeness (QED) is 0.852. The van der Waals surface area contributed by atoms with E-state index in [1.165, 1.54) is 12.1 Å². The predicted octanol–water partition coefficient (Wildman–Crippen LogP) is 1.52. The highest BCUT2D eigenvalue weighted by atomic mass is 19.1. The van der Waals surface area contributed by atoms with Gasteiger partial charge in [0.05, 0.1) is 25.4 Å². The number of morpholine rings is 1. The molecule has 2 aliphatic heterocycles. The van der Waals surface area contributed by atoms with E-state index in [1.807, 2.05) is 0 Å². The fourth-order valence-electron chi connectivity index (χ4n) is 3.80. The van der Waals surface area contributed by atoms with Crippen LogP contribution in [0.5, 0.6) is 5.75 Å². The van der Waals surface area contributed by atoms with Crippen molar-refractivity contribution in [1.82, 2.24) is 5.32 Å². The molecule has 2 aliphatic rings. The van der Waals surface area contributed by atoms with Gasteiger partial charge < -0.3 is 24.6 Å². The van der Waals surface area contributed by atoms with Crippen LogP contribution < -0.4 is 10.1 Å². The molecule has 2 N–H and O–H groups in total. The second-order valence-corrected chi connectivity index (χ2v) is 6.57. The van der Waals surface area contributed by atoms with E-state index in [9.17, 15) is 9.50 Å². The molecule has 24 heavy (non-hydrogen) atoms. The van der Waals surface area contributed by atoms with Gasteiger partial charge in [0.25, 0.3) is 0 Å². The van der Waals surface area contributed by atoms with Gasteiger partial charge >= 0.3 is 0 Å². The Morgan fingerprint density at radius 2 is 2.12 bits per heavy atom. The van der Waals surface area contributed by atoms with E-state index in [0.29, 0.717) is 44.1 Å². The van der Waals surface area contributed by atoms with Crippen molar-refractivity contribution in [2.24, 2.45) is 5.92 Å². The average Bonchev–Trinajstić information content (AvgIpc) is 2.63. The molecule has 6 heteroatoms. The Hall–Kier alpha value is -1.21. The van der Waals surface area contributed by atoms with Crippen LogP contribution in [0.4, 0.5) is 4.39 Å². The zero-order valence-corrected chi connectivity index (χ0v) is 14.1. The Morgan fingerprint density at radius 1 is 1.33 bits per heavy atom. The number of benzene rings is 1. The van der Waals surface area contributed by atoms with Crippen LogP contribution in [0, 0.1) is 11.7 Å². The van der Waals surface area contributed by atoms with Crippen LogP contribution in [-0.2, 0) is 15.9 Å². The summed E-state index contributed by atoms with van der Waals surface area (Å²) in [7, 11) is 1.56. The first kappa shape index (κ1) is 17.6. The highest BCUT2D eigenvalue weighted by Crippen LogP contribution is 2.37. The van der Waals surface area contributed by atoms with E-state index < -0.39 is 5.60 Å². The average molecular weight is 339 g/mol. The molecular weight excluding hydrogens is 313 g/mol. The van der Waals surface area contributed by atoms with Crippen LogP contribution >= 0.6 is 0 Å². The first-order chi connectivity index (χ1) is 11.6. The Kier molecular flexibility index (Phi) is 5.71. The summed E-state index contributed by atoms with van der Waals surface area (Å²) in [4.78, 5) is 0. The van der Waals surface area contributed by atoms with Crippen LogP contribution in [0.2, 0.25) is 0 Å². The Balaban J connectivity index is 1.90. The molecule has 2 fully saturated rings. The van der Waals surface area contributed by atoms with Crippen molar-refractivity contribution < 1.29 is 23.7 Å². The molecule has 5 nitrogen and oxygen atoms in total. The van der Waals surface area contributed by atoms with Crippen molar-refractivity contribution in [3.8, 4) is 5.75 Å². The van der Waals surface area contributed by atoms with Gasteiger partial charge in [-0.3, -0.25) is 0 Å². The topological polar surface area (TPSA) is 60.0 Å². The summed E-state index contributed by atoms with van der Waals surface area (Å²) >= 11 is 0. The summed E-state index contributed by atoms with van der Waals surface area (Å²) in [5, 5.41) is 14.9. The van der Waals surface area contributed by atoms with Crippen molar-refractivity contribution in [2.75, 3.05) is 40.0 Å². The van der Waals surface area contributed by atoms with Crippen LogP contribution in [0.1, 0.15) is 18.4 Å². The molecule has 0 aliphatic carbocycles. The van der Waals surface area contributed by atoms with E-state index in [4.69, 9.17) is 14.2 Å². The van der Waals surface area contributed by atoms with Crippen molar-refractivity contribution in [3.63, 3.8) is 0 Å². The minimum atomic E-state index is -1.09. The lowest BCUT2D eigenvalue weighted by Gasteiger charge is -2.45. The molecule has 0 radical (unpaired) electrons. The molecule has 0 saturated carbocycles. The van der Waals surface area contributed by atoms with Gasteiger partial charge in [0.1, 0.15) is 11.6 Å². The lowest BCUT2D eigenvalue weighted by Crippen LogP contribution is -2.59. The van der Waals surface area contributed by atoms with Crippen molar-refractivity contribution >= 4 is 0 Å². The van der Waals surface area contributed by atoms with Crippen LogP contribution in [0.25, 0.3) is 0 Å². The largest absolute Gasteiger partial charge is 0.496 e.